The lowest BCUT2D eigenvalue weighted by molar-refractivity contribution is -0.132. The molecule has 0 spiro atoms. The van der Waals surface area contributed by atoms with Crippen LogP contribution in [0, 0.1) is 5.82 Å². The van der Waals surface area contributed by atoms with Crippen LogP contribution in [0.4, 0.5) is 4.39 Å². The number of sulfonamides is 1. The molecule has 6 nitrogen and oxygen atoms in total. The van der Waals surface area contributed by atoms with E-state index in [0.717, 1.165) is 18.4 Å². The number of fused-ring (bicyclic) bond motifs is 1. The highest BCUT2D eigenvalue weighted by molar-refractivity contribution is 7.90. The first-order chi connectivity index (χ1) is 13.4. The Morgan fingerprint density at radius 3 is 2.71 bits per heavy atom. The van der Waals surface area contributed by atoms with E-state index in [1.54, 1.807) is 35.2 Å². The van der Waals surface area contributed by atoms with Crippen LogP contribution in [0.25, 0.3) is 0 Å². The summed E-state index contributed by atoms with van der Waals surface area (Å²) in [6, 6.07) is 13.1. The molecule has 0 saturated heterocycles. The van der Waals surface area contributed by atoms with Gasteiger partial charge in [0.05, 0.1) is 11.4 Å². The first kappa shape index (κ1) is 18.6. The van der Waals surface area contributed by atoms with Crippen molar-refractivity contribution < 1.29 is 17.6 Å². The number of nitrogens with zero attached hydrogens (tertiary/aromatic N) is 2. The quantitative estimate of drug-likeness (QED) is 0.808. The van der Waals surface area contributed by atoms with E-state index in [-0.39, 0.29) is 41.5 Å². The summed E-state index contributed by atoms with van der Waals surface area (Å²) in [6.07, 6.45) is 2.06. The third kappa shape index (κ3) is 3.91. The fraction of sp³-hybridized carbons (Fsp3) is 0.300. The molecule has 1 amide bonds. The van der Waals surface area contributed by atoms with Crippen molar-refractivity contribution in [1.82, 2.24) is 9.62 Å². The lowest BCUT2D eigenvalue weighted by atomic mass is 10.2. The van der Waals surface area contributed by atoms with Gasteiger partial charge in [0, 0.05) is 24.6 Å². The van der Waals surface area contributed by atoms with Gasteiger partial charge in [-0.2, -0.15) is 0 Å². The van der Waals surface area contributed by atoms with Crippen molar-refractivity contribution in [3.63, 3.8) is 0 Å². The first-order valence-corrected chi connectivity index (χ1v) is 10.6. The van der Waals surface area contributed by atoms with E-state index >= 15 is 0 Å². The smallest absolute Gasteiger partial charge is 0.263 e. The van der Waals surface area contributed by atoms with Gasteiger partial charge in [0.1, 0.15) is 11.7 Å². The second kappa shape index (κ2) is 7.35. The molecular weight excluding hydrogens is 381 g/mol. The molecule has 2 aromatic rings. The number of amides is 1. The van der Waals surface area contributed by atoms with Crippen molar-refractivity contribution in [2.24, 2.45) is 4.99 Å². The molecule has 0 unspecified atom stereocenters. The van der Waals surface area contributed by atoms with Gasteiger partial charge >= 0.3 is 0 Å². The standard InChI is InChI=1S/C20H20FN3O3S/c21-15-5-3-4-14(12-15)13-24(16-8-9-16)19(25)10-11-22-20-17-6-1-2-7-18(17)28(26,27)23-20/h1-7,12,16H,8-11,13H2,(H,22,23). The van der Waals surface area contributed by atoms with E-state index in [4.69, 9.17) is 0 Å². The number of rotatable bonds is 6. The maximum Gasteiger partial charge on any atom is 0.263 e. The van der Waals surface area contributed by atoms with Crippen molar-refractivity contribution in [3.8, 4) is 0 Å². The molecule has 1 aliphatic heterocycles. The van der Waals surface area contributed by atoms with E-state index in [0.29, 0.717) is 12.1 Å². The minimum absolute atomic E-state index is 0.0646. The maximum atomic E-state index is 13.4. The molecule has 0 atom stereocenters. The molecule has 8 heteroatoms. The third-order valence-corrected chi connectivity index (χ3v) is 6.21. The monoisotopic (exact) mass is 401 g/mol. The summed E-state index contributed by atoms with van der Waals surface area (Å²) in [5.74, 6) is -0.115. The minimum atomic E-state index is -3.58. The predicted octanol–water partition coefficient (Wildman–Crippen LogP) is 2.45. The number of hydrogen-bond donors (Lipinski definition) is 1. The number of halogens is 1. The van der Waals surface area contributed by atoms with Gasteiger partial charge in [-0.15, -0.1) is 0 Å². The Morgan fingerprint density at radius 1 is 1.18 bits per heavy atom. The van der Waals surface area contributed by atoms with Gasteiger partial charge in [-0.1, -0.05) is 24.3 Å². The molecule has 1 aliphatic carbocycles. The lowest BCUT2D eigenvalue weighted by Gasteiger charge is -2.22. The molecule has 1 heterocycles. The van der Waals surface area contributed by atoms with Crippen LogP contribution in [0.3, 0.4) is 0 Å². The molecule has 0 radical (unpaired) electrons. The molecule has 1 saturated carbocycles. The first-order valence-electron chi connectivity index (χ1n) is 9.14. The van der Waals surface area contributed by atoms with Crippen molar-refractivity contribution >= 4 is 21.8 Å². The zero-order valence-electron chi connectivity index (χ0n) is 15.1. The third-order valence-electron chi connectivity index (χ3n) is 4.81. The number of carbonyl (C=O) groups is 1. The highest BCUT2D eigenvalue weighted by Gasteiger charge is 2.33. The van der Waals surface area contributed by atoms with Gasteiger partial charge in [-0.25, -0.2) is 12.8 Å². The van der Waals surface area contributed by atoms with Crippen LogP contribution in [0.15, 0.2) is 58.4 Å². The number of hydrogen-bond acceptors (Lipinski definition) is 4. The van der Waals surface area contributed by atoms with Crippen LogP contribution < -0.4 is 4.72 Å². The Balaban J connectivity index is 1.43. The van der Waals surface area contributed by atoms with Crippen LogP contribution in [-0.4, -0.2) is 37.6 Å². The summed E-state index contributed by atoms with van der Waals surface area (Å²) in [5, 5.41) is 0. The molecule has 28 heavy (non-hydrogen) atoms. The van der Waals surface area contributed by atoms with Crippen LogP contribution in [0.1, 0.15) is 30.4 Å². The summed E-state index contributed by atoms with van der Waals surface area (Å²) < 4.78 is 40.1. The number of amidine groups is 1. The zero-order valence-corrected chi connectivity index (χ0v) is 16.0. The van der Waals surface area contributed by atoms with Crippen molar-refractivity contribution in [1.29, 1.82) is 0 Å². The Bertz CT molecular complexity index is 1050. The molecule has 2 aliphatic rings. The highest BCUT2D eigenvalue weighted by Crippen LogP contribution is 2.29. The number of benzene rings is 2. The van der Waals surface area contributed by atoms with Crippen LogP contribution in [-0.2, 0) is 21.4 Å². The largest absolute Gasteiger partial charge is 0.335 e. The van der Waals surface area contributed by atoms with E-state index in [1.165, 1.54) is 18.2 Å². The average molecular weight is 401 g/mol. The molecule has 0 aromatic heterocycles. The van der Waals surface area contributed by atoms with Crippen LogP contribution in [0.2, 0.25) is 0 Å². The fourth-order valence-electron chi connectivity index (χ4n) is 3.30. The average Bonchev–Trinajstić information content (AvgIpc) is 3.46. The molecule has 0 bridgehead atoms. The lowest BCUT2D eigenvalue weighted by Crippen LogP contribution is -2.33. The summed E-state index contributed by atoms with van der Waals surface area (Å²) in [5.41, 5.74) is 1.28. The van der Waals surface area contributed by atoms with E-state index in [1.807, 2.05) is 0 Å². The number of aliphatic imine (C=N–C) groups is 1. The van der Waals surface area contributed by atoms with Crippen molar-refractivity contribution in [2.45, 2.75) is 36.7 Å². The van der Waals surface area contributed by atoms with Gasteiger partial charge in [-0.05, 0) is 42.7 Å². The summed E-state index contributed by atoms with van der Waals surface area (Å²) in [4.78, 5) is 19.0. The predicted molar refractivity (Wildman–Crippen MR) is 103 cm³/mol. The van der Waals surface area contributed by atoms with E-state index in [2.05, 4.69) is 9.71 Å². The molecule has 2 aromatic carbocycles. The van der Waals surface area contributed by atoms with Gasteiger partial charge in [-0.3, -0.25) is 14.5 Å². The Labute approximate surface area is 163 Å². The normalized spacial score (nSPS) is 18.5. The van der Waals surface area contributed by atoms with E-state index in [9.17, 15) is 17.6 Å². The van der Waals surface area contributed by atoms with Gasteiger partial charge in [0.25, 0.3) is 10.0 Å². The van der Waals surface area contributed by atoms with Crippen molar-refractivity contribution in [2.75, 3.05) is 6.54 Å². The fourth-order valence-corrected chi connectivity index (χ4v) is 4.55. The molecule has 4 rings (SSSR count). The van der Waals surface area contributed by atoms with Crippen molar-refractivity contribution in [3.05, 3.63) is 65.5 Å². The van der Waals surface area contributed by atoms with Gasteiger partial charge in [0.2, 0.25) is 5.91 Å². The number of nitrogens with one attached hydrogen (secondary N) is 1. The second-order valence-corrected chi connectivity index (χ2v) is 8.62. The summed E-state index contributed by atoms with van der Waals surface area (Å²) >= 11 is 0. The molecule has 1 N–H and O–H groups in total. The van der Waals surface area contributed by atoms with Crippen LogP contribution in [0.5, 0.6) is 0 Å². The topological polar surface area (TPSA) is 78.8 Å². The van der Waals surface area contributed by atoms with Crippen LogP contribution >= 0.6 is 0 Å². The Hall–Kier alpha value is -2.74. The number of carbonyl (C=O) groups excluding carboxylic acids is 1. The second-order valence-electron chi connectivity index (χ2n) is 6.96. The summed E-state index contributed by atoms with van der Waals surface area (Å²) in [6.45, 7) is 0.546. The molecular formula is C20H20FN3O3S. The Kier molecular flexibility index (Phi) is 4.89. The highest BCUT2D eigenvalue weighted by atomic mass is 32.2. The van der Waals surface area contributed by atoms with Gasteiger partial charge in [0.15, 0.2) is 0 Å². The maximum absolute atomic E-state index is 13.4. The summed E-state index contributed by atoms with van der Waals surface area (Å²) in [7, 11) is -3.58. The SMILES string of the molecule is O=C(CCN=C1NS(=O)(=O)c2ccccc21)N(Cc1cccc(F)c1)C1CC1. The zero-order chi connectivity index (χ0) is 19.7. The minimum Gasteiger partial charge on any atom is -0.335 e. The molecule has 1 fully saturated rings. The van der Waals surface area contributed by atoms with E-state index < -0.39 is 10.0 Å². The van der Waals surface area contributed by atoms with Gasteiger partial charge < -0.3 is 4.90 Å². The Morgan fingerprint density at radius 2 is 1.96 bits per heavy atom. The molecule has 146 valence electrons.